The molecule has 0 aromatic rings. The summed E-state index contributed by atoms with van der Waals surface area (Å²) in [5, 5.41) is 31.9. The van der Waals surface area contributed by atoms with Gasteiger partial charge in [-0.1, -0.05) is 137 Å². The Morgan fingerprint density at radius 3 is 0.493 bits per heavy atom. The van der Waals surface area contributed by atoms with Crippen LogP contribution in [0.1, 0.15) is 296 Å². The Hall–Kier alpha value is -12.1. The van der Waals surface area contributed by atoms with Gasteiger partial charge in [0.1, 0.15) is 0 Å². The van der Waals surface area contributed by atoms with Crippen molar-refractivity contribution in [3.63, 3.8) is 0 Å². The first-order valence-electron chi connectivity index (χ1n) is 52.8. The topological polar surface area (TPSA) is 540 Å². The van der Waals surface area contributed by atoms with Crippen LogP contribution in [0.15, 0.2) is 61.4 Å². The third kappa shape index (κ3) is 47.6. The van der Waals surface area contributed by atoms with E-state index in [1.54, 1.807) is 0 Å². The van der Waals surface area contributed by atoms with Crippen molar-refractivity contribution in [2.45, 2.75) is 327 Å². The monoisotopic (exact) mass is 2160 g/mol. The molecule has 0 aromatic carbocycles. The minimum atomic E-state index is -0.611. The Balaban J connectivity index is 0.000000286. The average molecular weight is 2160 g/mol. The molecule has 840 valence electrons. The van der Waals surface area contributed by atoms with Gasteiger partial charge in [0.05, 0.1) is 90.8 Å². The second-order valence-corrected chi connectivity index (χ2v) is 45.2. The largest absolute Gasteiger partial charge is 0.355 e. The molecular formula is C105H170N20O25. The van der Waals surface area contributed by atoms with Crippen LogP contribution >= 0.6 is 0 Å². The molecule has 45 nitrogen and oxygen atoms in total. The number of hydroxylamine groups is 10. The lowest BCUT2D eigenvalue weighted by Gasteiger charge is -2.30. The van der Waals surface area contributed by atoms with E-state index in [1.165, 1.54) is 0 Å². The minimum absolute atomic E-state index is 0.0383. The highest BCUT2D eigenvalue weighted by molar-refractivity contribution is 5.89. The van der Waals surface area contributed by atoms with Gasteiger partial charge in [0.2, 0.25) is 59.1 Å². The fourth-order valence-electron chi connectivity index (χ4n) is 18.1. The van der Waals surface area contributed by atoms with Crippen LogP contribution in [0.25, 0.3) is 0 Å². The van der Waals surface area contributed by atoms with Crippen molar-refractivity contribution in [3.05, 3.63) is 61.4 Å². The molecule has 10 heterocycles. The first-order chi connectivity index (χ1) is 70.3. The van der Waals surface area contributed by atoms with Crippen molar-refractivity contribution in [1.29, 1.82) is 0 Å². The van der Waals surface area contributed by atoms with Gasteiger partial charge in [0, 0.05) is 162 Å². The van der Waals surface area contributed by atoms with Crippen LogP contribution in [0.4, 0.5) is 0 Å². The van der Waals surface area contributed by atoms with Crippen molar-refractivity contribution in [1.82, 2.24) is 103 Å². The molecule has 0 aliphatic carbocycles. The van der Waals surface area contributed by atoms with E-state index in [-0.39, 0.29) is 308 Å². The van der Waals surface area contributed by atoms with E-state index in [9.17, 15) is 95.9 Å². The van der Waals surface area contributed by atoms with Crippen molar-refractivity contribution in [2.24, 2.45) is 27.1 Å². The Morgan fingerprint density at radius 2 is 0.367 bits per heavy atom. The summed E-state index contributed by atoms with van der Waals surface area (Å²) in [6, 6.07) is -0.671. The number of nitrogens with zero attached hydrogens (tertiary/aromatic N) is 10. The van der Waals surface area contributed by atoms with Crippen molar-refractivity contribution >= 4 is 118 Å². The summed E-state index contributed by atoms with van der Waals surface area (Å²) in [6.45, 7) is 61.2. The highest BCUT2D eigenvalue weighted by Crippen LogP contribution is 2.32. The highest BCUT2D eigenvalue weighted by atomic mass is 16.8. The van der Waals surface area contributed by atoms with Crippen molar-refractivity contribution in [2.75, 3.05) is 131 Å². The molecular weight excluding hydrogens is 1990 g/mol. The fraction of sp³-hybridized carbons (Fsp3) is 0.714. The molecule has 15 amide bonds. The molecule has 10 N–H and O–H groups in total. The van der Waals surface area contributed by atoms with Gasteiger partial charge in [-0.25, -0.2) is 24.0 Å². The molecule has 10 fully saturated rings. The first kappa shape index (κ1) is 127. The molecule has 10 saturated heterocycles. The number of hydrogen-bond donors (Lipinski definition) is 10. The molecule has 10 aliphatic heterocycles. The lowest BCUT2D eigenvalue weighted by molar-refractivity contribution is -0.186. The molecule has 5 unspecified atom stereocenters. The van der Waals surface area contributed by atoms with E-state index in [4.69, 9.17) is 24.2 Å². The summed E-state index contributed by atoms with van der Waals surface area (Å²) < 4.78 is 0. The zero-order valence-electron chi connectivity index (χ0n) is 91.5. The molecule has 5 atom stereocenters. The van der Waals surface area contributed by atoms with Gasteiger partial charge in [-0.15, -0.1) is 25.3 Å². The molecule has 0 radical (unpaired) electrons. The lowest BCUT2D eigenvalue weighted by atomic mass is 10.2. The average Bonchev–Trinajstić information content (AvgIpc) is 1.72. The molecule has 0 bridgehead atoms. The van der Waals surface area contributed by atoms with Gasteiger partial charge >= 0.3 is 29.8 Å². The zero-order valence-corrected chi connectivity index (χ0v) is 91.5. The molecule has 0 saturated carbocycles. The van der Waals surface area contributed by atoms with Crippen LogP contribution in [0.5, 0.6) is 0 Å². The number of carbonyl (C=O) groups is 20. The van der Waals surface area contributed by atoms with Gasteiger partial charge < -0.3 is 77.4 Å². The van der Waals surface area contributed by atoms with Gasteiger partial charge in [0.25, 0.3) is 29.5 Å². The van der Waals surface area contributed by atoms with E-state index in [2.05, 4.69) is 214 Å². The number of hydrogen-bond acceptors (Lipinski definition) is 30. The van der Waals surface area contributed by atoms with Crippen molar-refractivity contribution in [3.8, 4) is 0 Å². The second kappa shape index (κ2) is 61.4. The van der Waals surface area contributed by atoms with Crippen molar-refractivity contribution < 1.29 is 120 Å². The molecule has 0 aromatic heterocycles. The summed E-state index contributed by atoms with van der Waals surface area (Å²) in [4.78, 5) is 274. The van der Waals surface area contributed by atoms with E-state index in [0.717, 1.165) is 155 Å². The maximum Gasteiger partial charge on any atom is 0.334 e. The number of amides is 15. The van der Waals surface area contributed by atoms with Crippen LogP contribution in [0.3, 0.4) is 0 Å². The smallest absolute Gasteiger partial charge is 0.334 e. The lowest BCUT2D eigenvalue weighted by Crippen LogP contribution is -2.46. The Labute approximate surface area is 883 Å². The zero-order chi connectivity index (χ0) is 112. The Morgan fingerprint density at radius 1 is 0.227 bits per heavy atom. The summed E-state index contributed by atoms with van der Waals surface area (Å²) in [5.41, 5.74) is 2.90. The summed E-state index contributed by atoms with van der Waals surface area (Å²) >= 11 is 0. The van der Waals surface area contributed by atoms with Crippen LogP contribution in [0.2, 0.25) is 0 Å². The molecule has 10 aliphatic rings. The quantitative estimate of drug-likeness (QED) is 0.0265. The van der Waals surface area contributed by atoms with Crippen LogP contribution in [-0.2, 0) is 120 Å². The van der Waals surface area contributed by atoms with Crippen LogP contribution in [-0.4, -0.2) is 329 Å². The van der Waals surface area contributed by atoms with Crippen LogP contribution < -0.4 is 53.2 Å². The predicted octanol–water partition coefficient (Wildman–Crippen LogP) is 5.52. The van der Waals surface area contributed by atoms with Gasteiger partial charge in [-0.2, -0.15) is 0 Å². The van der Waals surface area contributed by atoms with Gasteiger partial charge in [-0.3, -0.25) is 96.4 Å². The van der Waals surface area contributed by atoms with Gasteiger partial charge in [0.15, 0.2) is 0 Å². The molecule has 10 rings (SSSR count). The highest BCUT2D eigenvalue weighted by Gasteiger charge is 2.41. The minimum Gasteiger partial charge on any atom is -0.355 e. The molecule has 150 heavy (non-hydrogen) atoms. The number of likely N-dealkylation sites (tertiary alicyclic amines) is 5. The maximum absolute atomic E-state index is 12.5. The second-order valence-electron chi connectivity index (χ2n) is 45.2. The first-order valence-corrected chi connectivity index (χ1v) is 52.8. The summed E-state index contributed by atoms with van der Waals surface area (Å²) in [7, 11) is 0. The van der Waals surface area contributed by atoms with E-state index in [1.807, 2.05) is 0 Å². The standard InChI is InChI=1S/5C21H34N4O5/c5*1-15-7-8-18(27)25(15)30-19(28)10-12-22-17(26)9-11-23-20(29)16-6-5-13-24(16)14-21(2,3)4/h5*16H,1,5-14H2,2-4H3,(H,22,26)(H,23,29)/i2+1,3+1,5+1,6+1,13+1,14+1,16+1,21+1,22+1,23+1,24+1;2+1,3+1,4+1,14+1,16+1,19+1,21+1,22+1,23+1,24+1;2+1,3+1,4+1,14+1,17+1,19+1,21+1,22+1,24+1;2+1,3+1,4+1,14+1,17+1,19+1,21+1,22+1,23+1;2+1,3+1,4+1,14+1,16+1,17+1,21+1,22+1,24+1. The molecule has 45 heteroatoms. The third-order valence-electron chi connectivity index (χ3n) is 24.9. The number of nitrogens with one attached hydrogen (secondary N) is 10. The van der Waals surface area contributed by atoms with Gasteiger partial charge in [-0.05, 0) is 156 Å². The SMILES string of the molecule is C=C1CCC(=O)N1OC(=O)CC[15NH]C(=O)CC[15NH]C(=O)[13CH]1[13CH2][13CH2][13CH2][15N]1[13CH2][13C](C)([13CH3])[13CH3].C=C1CCC(=O)N1OC(=O)CC[15NH][13C](=O)CCNC(=O)[13CH]1CCC[15N]1[13CH2][13C]([13CH3])([13CH3])[13CH3].C=C1CCC(=O)N1O[13C](=O)CC[15NH]C(=O)CC[15NH]C(=O)[13CH]1CCC[15N]1[13CH2][13C]([13CH3])([13CH3])[13CH3].C=C1CCC(=O)N1O[13C](=O)CC[15NH][13C](=O)CCNC(=O)C1CCC[15N]1[13CH2][13C]([13CH3])([13CH3])[13CH3].C=C1CCC(=O)N1O[13C](=O)CC[15NH][13C](=O)CC[15NH]C(=O)C1CCCN1[13CH2][13C]([13CH3])([13CH3])[13CH3]. The fourth-order valence-corrected chi connectivity index (χ4v) is 18.1. The summed E-state index contributed by atoms with van der Waals surface area (Å²) in [5.74, 6) is -6.03. The number of carbonyl (C=O) groups excluding carboxylic acids is 20. The Bertz CT molecular complexity index is 4020. The number of rotatable bonds is 45. The Kier molecular flexibility index (Phi) is 51.8. The normalized spacial score (nSPS) is 19.8. The number of allylic oxidation sites excluding steroid dienone is 5. The third-order valence-corrected chi connectivity index (χ3v) is 24.9. The van der Waals surface area contributed by atoms with E-state index >= 15 is 0 Å². The van der Waals surface area contributed by atoms with E-state index < -0.39 is 29.8 Å². The van der Waals surface area contributed by atoms with E-state index in [0.29, 0.717) is 60.6 Å². The summed E-state index contributed by atoms with van der Waals surface area (Å²) in [6.07, 6.45) is 13.3. The predicted molar refractivity (Wildman–Crippen MR) is 553 cm³/mol. The van der Waals surface area contributed by atoms with Crippen LogP contribution in [0, 0.1) is 27.1 Å². The maximum atomic E-state index is 12.5. The molecule has 0 spiro atoms.